The number of benzene rings is 2. The van der Waals surface area contributed by atoms with Crippen LogP contribution in [-0.4, -0.2) is 15.0 Å². The Hall–Kier alpha value is -3.18. The largest absolute Gasteiger partial charge is 0.360 e. The summed E-state index contributed by atoms with van der Waals surface area (Å²) in [5.41, 5.74) is 5.93. The molecule has 5 heteroatoms. The molecule has 3 heterocycles. The van der Waals surface area contributed by atoms with E-state index in [1.54, 1.807) is 23.5 Å². The molecule has 0 saturated carbocycles. The molecule has 5 rings (SSSR count). The Kier molecular flexibility index (Phi) is 3.47. The van der Waals surface area contributed by atoms with Gasteiger partial charge in [-0.05, 0) is 41.8 Å². The van der Waals surface area contributed by atoms with Crippen LogP contribution in [0.4, 0.5) is 4.39 Å². The minimum Gasteiger partial charge on any atom is -0.360 e. The molecule has 26 heavy (non-hydrogen) atoms. The number of hydrogen-bond donors (Lipinski definition) is 2. The summed E-state index contributed by atoms with van der Waals surface area (Å²) in [6, 6.07) is 16.6. The predicted molar refractivity (Wildman–Crippen MR) is 105 cm³/mol. The number of hydrogen-bond acceptors (Lipinski definition) is 2. The number of halogens is 1. The lowest BCUT2D eigenvalue weighted by molar-refractivity contribution is 0.628. The molecule has 0 atom stereocenters. The van der Waals surface area contributed by atoms with Crippen LogP contribution in [-0.2, 0) is 0 Å². The lowest BCUT2D eigenvalue weighted by Crippen LogP contribution is -1.81. The van der Waals surface area contributed by atoms with Gasteiger partial charge in [0.25, 0.3) is 0 Å². The SMILES string of the molecule is Fc1ccc(-c2nc(-c3ccsc3)c(-c3c[nH]c4ccccc34)[nH]2)cc1. The summed E-state index contributed by atoms with van der Waals surface area (Å²) >= 11 is 1.64. The van der Waals surface area contributed by atoms with Crippen LogP contribution in [0.3, 0.4) is 0 Å². The molecule has 2 aromatic carbocycles. The van der Waals surface area contributed by atoms with Gasteiger partial charge in [0.05, 0.1) is 11.4 Å². The van der Waals surface area contributed by atoms with Gasteiger partial charge in [0.15, 0.2) is 0 Å². The zero-order valence-corrected chi connectivity index (χ0v) is 14.5. The number of fused-ring (bicyclic) bond motifs is 1. The maximum absolute atomic E-state index is 13.3. The van der Waals surface area contributed by atoms with Gasteiger partial charge in [-0.1, -0.05) is 18.2 Å². The van der Waals surface area contributed by atoms with Crippen molar-refractivity contribution in [1.82, 2.24) is 15.0 Å². The normalized spacial score (nSPS) is 11.3. The first kappa shape index (κ1) is 15.1. The number of nitrogens with zero attached hydrogens (tertiary/aromatic N) is 1. The van der Waals surface area contributed by atoms with Crippen molar-refractivity contribution in [2.24, 2.45) is 0 Å². The fourth-order valence-electron chi connectivity index (χ4n) is 3.20. The first-order valence-electron chi connectivity index (χ1n) is 8.24. The molecular formula is C21H14FN3S. The van der Waals surface area contributed by atoms with Crippen LogP contribution in [0.2, 0.25) is 0 Å². The van der Waals surface area contributed by atoms with Crippen molar-refractivity contribution in [2.45, 2.75) is 0 Å². The van der Waals surface area contributed by atoms with Crippen LogP contribution in [0.1, 0.15) is 0 Å². The van der Waals surface area contributed by atoms with Crippen LogP contribution in [0.5, 0.6) is 0 Å². The van der Waals surface area contributed by atoms with E-state index in [1.165, 1.54) is 12.1 Å². The van der Waals surface area contributed by atoms with E-state index in [1.807, 2.05) is 23.7 Å². The van der Waals surface area contributed by atoms with E-state index in [2.05, 4.69) is 33.5 Å². The second kappa shape index (κ2) is 5.97. The number of aromatic nitrogens is 3. The Balaban J connectivity index is 1.74. The van der Waals surface area contributed by atoms with Crippen molar-refractivity contribution in [3.63, 3.8) is 0 Å². The van der Waals surface area contributed by atoms with Crippen molar-refractivity contribution < 1.29 is 4.39 Å². The lowest BCUT2D eigenvalue weighted by atomic mass is 10.1. The van der Waals surface area contributed by atoms with E-state index in [4.69, 9.17) is 4.98 Å². The fraction of sp³-hybridized carbons (Fsp3) is 0. The number of imidazole rings is 1. The Labute approximate surface area is 153 Å². The number of thiophene rings is 1. The molecule has 0 fully saturated rings. The first-order valence-corrected chi connectivity index (χ1v) is 9.19. The van der Waals surface area contributed by atoms with Crippen LogP contribution in [0.25, 0.3) is 44.8 Å². The number of nitrogens with one attached hydrogen (secondary N) is 2. The quantitative estimate of drug-likeness (QED) is 0.402. The topological polar surface area (TPSA) is 44.5 Å². The Morgan fingerprint density at radius 1 is 0.923 bits per heavy atom. The first-order chi connectivity index (χ1) is 12.8. The molecule has 0 aliphatic rings. The average Bonchev–Trinajstić information content (AvgIpc) is 3.40. The molecule has 3 nitrogen and oxygen atoms in total. The summed E-state index contributed by atoms with van der Waals surface area (Å²) in [6.07, 6.45) is 2.00. The minimum absolute atomic E-state index is 0.254. The molecule has 0 unspecified atom stereocenters. The van der Waals surface area contributed by atoms with Gasteiger partial charge in [-0.3, -0.25) is 0 Å². The smallest absolute Gasteiger partial charge is 0.138 e. The zero-order chi connectivity index (χ0) is 17.5. The van der Waals surface area contributed by atoms with Gasteiger partial charge in [0.1, 0.15) is 11.6 Å². The maximum Gasteiger partial charge on any atom is 0.138 e. The molecule has 0 amide bonds. The van der Waals surface area contributed by atoms with Crippen LogP contribution >= 0.6 is 11.3 Å². The third kappa shape index (κ3) is 2.45. The molecule has 0 bridgehead atoms. The Morgan fingerprint density at radius 3 is 2.58 bits per heavy atom. The monoisotopic (exact) mass is 359 g/mol. The highest BCUT2D eigenvalue weighted by atomic mass is 32.1. The van der Waals surface area contributed by atoms with Crippen LogP contribution in [0.15, 0.2) is 71.6 Å². The van der Waals surface area contributed by atoms with Gasteiger partial charge >= 0.3 is 0 Å². The van der Waals surface area contributed by atoms with Gasteiger partial charge in [0.2, 0.25) is 0 Å². The third-order valence-electron chi connectivity index (χ3n) is 4.47. The number of para-hydroxylation sites is 1. The fourth-order valence-corrected chi connectivity index (χ4v) is 3.84. The van der Waals surface area contributed by atoms with Crippen molar-refractivity contribution in [2.75, 3.05) is 0 Å². The van der Waals surface area contributed by atoms with Crippen LogP contribution < -0.4 is 0 Å². The second-order valence-electron chi connectivity index (χ2n) is 6.08. The molecule has 0 aliphatic heterocycles. The number of rotatable bonds is 3. The van der Waals surface area contributed by atoms with Gasteiger partial charge in [-0.2, -0.15) is 11.3 Å². The van der Waals surface area contributed by atoms with E-state index in [0.29, 0.717) is 0 Å². The molecule has 0 radical (unpaired) electrons. The maximum atomic E-state index is 13.3. The second-order valence-corrected chi connectivity index (χ2v) is 6.86. The van der Waals surface area contributed by atoms with E-state index in [0.717, 1.165) is 44.8 Å². The predicted octanol–water partition coefficient (Wildman–Crippen LogP) is 6.09. The van der Waals surface area contributed by atoms with E-state index in [9.17, 15) is 4.39 Å². The zero-order valence-electron chi connectivity index (χ0n) is 13.7. The van der Waals surface area contributed by atoms with E-state index in [-0.39, 0.29) is 5.82 Å². The summed E-state index contributed by atoms with van der Waals surface area (Å²) < 4.78 is 13.3. The Morgan fingerprint density at radius 2 is 1.77 bits per heavy atom. The molecule has 126 valence electrons. The van der Waals surface area contributed by atoms with Gasteiger partial charge in [-0.15, -0.1) is 0 Å². The summed E-state index contributed by atoms with van der Waals surface area (Å²) in [5.74, 6) is 0.474. The summed E-state index contributed by atoms with van der Waals surface area (Å²) in [7, 11) is 0. The molecule has 0 spiro atoms. The van der Waals surface area contributed by atoms with Gasteiger partial charge in [0, 0.05) is 39.2 Å². The van der Waals surface area contributed by atoms with Gasteiger partial charge < -0.3 is 9.97 Å². The summed E-state index contributed by atoms with van der Waals surface area (Å²) in [5, 5.41) is 5.27. The Bertz CT molecular complexity index is 1180. The number of H-pyrrole nitrogens is 2. The van der Waals surface area contributed by atoms with E-state index < -0.39 is 0 Å². The summed E-state index contributed by atoms with van der Waals surface area (Å²) in [4.78, 5) is 11.6. The van der Waals surface area contributed by atoms with Crippen molar-refractivity contribution in [3.8, 4) is 33.9 Å². The highest BCUT2D eigenvalue weighted by Gasteiger charge is 2.18. The molecule has 5 aromatic rings. The lowest BCUT2D eigenvalue weighted by Gasteiger charge is -2.00. The third-order valence-corrected chi connectivity index (χ3v) is 5.16. The van der Waals surface area contributed by atoms with Gasteiger partial charge in [-0.25, -0.2) is 9.37 Å². The highest BCUT2D eigenvalue weighted by molar-refractivity contribution is 7.08. The molecule has 0 aliphatic carbocycles. The standard InChI is InChI=1S/C21H14FN3S/c22-15-7-5-13(6-8-15)21-24-19(14-9-10-26-12-14)20(25-21)17-11-23-18-4-2-1-3-16(17)18/h1-12,23H,(H,24,25). The molecule has 0 saturated heterocycles. The number of aromatic amines is 2. The van der Waals surface area contributed by atoms with Crippen molar-refractivity contribution in [1.29, 1.82) is 0 Å². The molecule has 2 N–H and O–H groups in total. The minimum atomic E-state index is -0.254. The molecule has 3 aromatic heterocycles. The van der Waals surface area contributed by atoms with Crippen molar-refractivity contribution in [3.05, 3.63) is 77.4 Å². The van der Waals surface area contributed by atoms with Crippen LogP contribution in [0, 0.1) is 5.82 Å². The highest BCUT2D eigenvalue weighted by Crippen LogP contribution is 2.37. The summed E-state index contributed by atoms with van der Waals surface area (Å²) in [6.45, 7) is 0. The van der Waals surface area contributed by atoms with E-state index >= 15 is 0 Å². The molecular weight excluding hydrogens is 345 g/mol. The van der Waals surface area contributed by atoms with Crippen molar-refractivity contribution >= 4 is 22.2 Å². The average molecular weight is 359 g/mol.